The van der Waals surface area contributed by atoms with Crippen molar-refractivity contribution >= 4 is 17.6 Å². The van der Waals surface area contributed by atoms with Crippen LogP contribution in [0.3, 0.4) is 0 Å². The molecule has 0 radical (unpaired) electrons. The molecule has 0 spiro atoms. The number of hydrogen-bond acceptors (Lipinski definition) is 5. The monoisotopic (exact) mass is 539 g/mol. The third-order valence-corrected chi connectivity index (χ3v) is 6.33. The van der Waals surface area contributed by atoms with Gasteiger partial charge < -0.3 is 29.0 Å². The minimum atomic E-state index is -0.448. The topological polar surface area (TPSA) is 84.2 Å². The summed E-state index contributed by atoms with van der Waals surface area (Å²) in [6, 6.07) is 14.6. The van der Waals surface area contributed by atoms with Crippen LogP contribution in [0.4, 0.5) is 14.9 Å². The third kappa shape index (κ3) is 9.05. The Balaban J connectivity index is 1.76. The summed E-state index contributed by atoms with van der Waals surface area (Å²) in [6.07, 6.45) is 3.22. The molecule has 0 fully saturated rings. The lowest BCUT2D eigenvalue weighted by Crippen LogP contribution is -2.45. The molecule has 0 aliphatic rings. The van der Waals surface area contributed by atoms with Gasteiger partial charge in [0.15, 0.2) is 11.5 Å². The smallest absolute Gasteiger partial charge is 0.322 e. The Bertz CT molecular complexity index is 1230. The number of halogens is 1. The largest absolute Gasteiger partial charge is 0.493 e. The number of nitrogens with zero attached hydrogens (tertiary/aromatic N) is 2. The summed E-state index contributed by atoms with van der Waals surface area (Å²) >= 11 is 0. The van der Waals surface area contributed by atoms with E-state index in [9.17, 15) is 14.0 Å². The summed E-state index contributed by atoms with van der Waals surface area (Å²) in [5, 5.41) is 2.72. The lowest BCUT2D eigenvalue weighted by molar-refractivity contribution is -0.132. The quantitative estimate of drug-likeness (QED) is 0.253. The van der Waals surface area contributed by atoms with Gasteiger partial charge in [0.1, 0.15) is 23.9 Å². The van der Waals surface area contributed by atoms with Gasteiger partial charge in [-0.15, -0.1) is 0 Å². The minimum absolute atomic E-state index is 0.115. The lowest BCUT2D eigenvalue weighted by atomic mass is 10.1. The van der Waals surface area contributed by atoms with E-state index in [4.69, 9.17) is 13.9 Å². The first-order valence-corrected chi connectivity index (χ1v) is 13.2. The number of unbranched alkanes of at least 4 members (excludes halogenated alkanes) is 2. The second-order valence-corrected chi connectivity index (χ2v) is 9.34. The Morgan fingerprint density at radius 3 is 2.41 bits per heavy atom. The number of ether oxygens (including phenoxy) is 2. The summed E-state index contributed by atoms with van der Waals surface area (Å²) < 4.78 is 30.1. The number of benzene rings is 2. The molecule has 0 aliphatic carbocycles. The van der Waals surface area contributed by atoms with Gasteiger partial charge in [-0.05, 0) is 67.8 Å². The summed E-state index contributed by atoms with van der Waals surface area (Å²) in [7, 11) is 3.17. The number of hydrogen-bond donors (Lipinski definition) is 1. The van der Waals surface area contributed by atoms with Gasteiger partial charge in [0.2, 0.25) is 5.91 Å². The van der Waals surface area contributed by atoms with E-state index in [1.807, 2.05) is 37.3 Å². The van der Waals surface area contributed by atoms with E-state index in [2.05, 4.69) is 12.2 Å². The average Bonchev–Trinajstić information content (AvgIpc) is 3.34. The number of amides is 3. The van der Waals surface area contributed by atoms with Crippen LogP contribution in [-0.4, -0.2) is 55.6 Å². The van der Waals surface area contributed by atoms with E-state index in [0.717, 1.165) is 30.6 Å². The molecule has 0 bridgehead atoms. The highest BCUT2D eigenvalue weighted by molar-refractivity contribution is 5.92. The minimum Gasteiger partial charge on any atom is -0.493 e. The number of methoxy groups -OCH3 is 2. The summed E-state index contributed by atoms with van der Waals surface area (Å²) in [6.45, 7) is 4.90. The zero-order valence-corrected chi connectivity index (χ0v) is 23.2. The lowest BCUT2D eigenvalue weighted by Gasteiger charge is -2.27. The molecule has 9 heteroatoms. The zero-order valence-electron chi connectivity index (χ0n) is 23.2. The third-order valence-electron chi connectivity index (χ3n) is 6.33. The van der Waals surface area contributed by atoms with Crippen molar-refractivity contribution in [2.24, 2.45) is 0 Å². The van der Waals surface area contributed by atoms with E-state index < -0.39 is 11.8 Å². The maximum absolute atomic E-state index is 13.7. The number of furan rings is 1. The first-order chi connectivity index (χ1) is 18.8. The summed E-state index contributed by atoms with van der Waals surface area (Å²) in [4.78, 5) is 29.9. The van der Waals surface area contributed by atoms with Gasteiger partial charge in [-0.3, -0.25) is 4.79 Å². The predicted octanol–water partition coefficient (Wildman–Crippen LogP) is 6.04. The Morgan fingerprint density at radius 2 is 1.74 bits per heavy atom. The van der Waals surface area contributed by atoms with Crippen molar-refractivity contribution < 1.29 is 27.9 Å². The van der Waals surface area contributed by atoms with Crippen molar-refractivity contribution in [3.8, 4) is 11.5 Å². The molecular weight excluding hydrogens is 501 g/mol. The van der Waals surface area contributed by atoms with Gasteiger partial charge in [-0.1, -0.05) is 31.9 Å². The molecular formula is C30H38FN3O5. The van der Waals surface area contributed by atoms with Crippen molar-refractivity contribution in [1.82, 2.24) is 9.80 Å². The molecule has 2 aromatic carbocycles. The van der Waals surface area contributed by atoms with Crippen molar-refractivity contribution in [3.05, 3.63) is 77.5 Å². The van der Waals surface area contributed by atoms with E-state index in [0.29, 0.717) is 42.5 Å². The number of aryl methyl sites for hydroxylation is 1. The fraction of sp³-hybridized carbons (Fsp3) is 0.400. The highest BCUT2D eigenvalue weighted by atomic mass is 19.1. The first kappa shape index (κ1) is 29.5. The molecule has 210 valence electrons. The number of carbonyl (C=O) groups excluding carboxylic acids is 2. The number of urea groups is 1. The number of carbonyl (C=O) groups is 2. The van der Waals surface area contributed by atoms with Crippen LogP contribution in [0.5, 0.6) is 11.5 Å². The Kier molecular flexibility index (Phi) is 11.2. The number of nitrogens with one attached hydrogen (secondary N) is 1. The molecule has 1 heterocycles. The molecule has 3 amide bonds. The van der Waals surface area contributed by atoms with E-state index in [1.165, 1.54) is 23.1 Å². The zero-order chi connectivity index (χ0) is 28.2. The van der Waals surface area contributed by atoms with Gasteiger partial charge in [0.25, 0.3) is 0 Å². The molecule has 1 aromatic heterocycles. The van der Waals surface area contributed by atoms with Crippen LogP contribution in [0.1, 0.15) is 43.3 Å². The van der Waals surface area contributed by atoms with Crippen LogP contribution in [0, 0.1) is 12.7 Å². The standard InChI is InChI=1S/C30H38FN3O5/c1-5-6-7-16-34(30(36)32-25-10-8-9-24(31)19-25)21-29(35)33(20-26-13-11-22(2)39-26)17-15-23-12-14-27(37-3)28(18-23)38-4/h8-14,18-19H,5-7,15-17,20-21H2,1-4H3,(H,32,36). The molecule has 3 aromatic rings. The highest BCUT2D eigenvalue weighted by Gasteiger charge is 2.23. The maximum Gasteiger partial charge on any atom is 0.322 e. The second kappa shape index (κ2) is 14.8. The molecule has 0 saturated heterocycles. The Hall–Kier alpha value is -4.01. The SMILES string of the molecule is CCCCCN(CC(=O)N(CCc1ccc(OC)c(OC)c1)Cc1ccc(C)o1)C(=O)Nc1cccc(F)c1. The molecule has 0 saturated carbocycles. The normalized spacial score (nSPS) is 10.7. The fourth-order valence-corrected chi connectivity index (χ4v) is 4.19. The van der Waals surface area contributed by atoms with Crippen molar-refractivity contribution in [2.75, 3.05) is 39.2 Å². The van der Waals surface area contributed by atoms with Gasteiger partial charge in [0, 0.05) is 18.8 Å². The van der Waals surface area contributed by atoms with E-state index >= 15 is 0 Å². The number of anilines is 1. The first-order valence-electron chi connectivity index (χ1n) is 13.2. The molecule has 0 aliphatic heterocycles. The van der Waals surface area contributed by atoms with Gasteiger partial charge >= 0.3 is 6.03 Å². The van der Waals surface area contributed by atoms with Crippen LogP contribution in [0.25, 0.3) is 0 Å². The van der Waals surface area contributed by atoms with Crippen LogP contribution in [0.2, 0.25) is 0 Å². The highest BCUT2D eigenvalue weighted by Crippen LogP contribution is 2.28. The predicted molar refractivity (Wildman–Crippen MR) is 149 cm³/mol. The van der Waals surface area contributed by atoms with E-state index in [1.54, 1.807) is 25.2 Å². The van der Waals surface area contributed by atoms with Gasteiger partial charge in [0.05, 0.1) is 20.8 Å². The second-order valence-electron chi connectivity index (χ2n) is 9.34. The molecule has 39 heavy (non-hydrogen) atoms. The number of rotatable bonds is 14. The molecule has 8 nitrogen and oxygen atoms in total. The molecule has 0 unspecified atom stereocenters. The van der Waals surface area contributed by atoms with Crippen LogP contribution in [0.15, 0.2) is 59.0 Å². The van der Waals surface area contributed by atoms with Crippen LogP contribution in [-0.2, 0) is 17.8 Å². The molecule has 3 rings (SSSR count). The van der Waals surface area contributed by atoms with E-state index in [-0.39, 0.29) is 19.0 Å². The van der Waals surface area contributed by atoms with Crippen molar-refractivity contribution in [3.63, 3.8) is 0 Å². The van der Waals surface area contributed by atoms with Crippen molar-refractivity contribution in [2.45, 2.75) is 46.1 Å². The van der Waals surface area contributed by atoms with Crippen molar-refractivity contribution in [1.29, 1.82) is 0 Å². The average molecular weight is 540 g/mol. The summed E-state index contributed by atoms with van der Waals surface area (Å²) in [5.74, 6) is 2.01. The molecule has 0 atom stereocenters. The van der Waals surface area contributed by atoms with Gasteiger partial charge in [-0.2, -0.15) is 0 Å². The fourth-order valence-electron chi connectivity index (χ4n) is 4.19. The maximum atomic E-state index is 13.7. The Labute approximate surface area is 229 Å². The van der Waals surface area contributed by atoms with Crippen LogP contribution >= 0.6 is 0 Å². The van der Waals surface area contributed by atoms with Gasteiger partial charge in [-0.25, -0.2) is 9.18 Å². The Morgan fingerprint density at radius 1 is 0.949 bits per heavy atom. The summed E-state index contributed by atoms with van der Waals surface area (Å²) in [5.41, 5.74) is 1.31. The molecule has 1 N–H and O–H groups in total. The van der Waals surface area contributed by atoms with Crippen LogP contribution < -0.4 is 14.8 Å².